The summed E-state index contributed by atoms with van der Waals surface area (Å²) in [7, 11) is 0. The van der Waals surface area contributed by atoms with Crippen LogP contribution in [0, 0.1) is 10.5 Å². The molecule has 88 valence electrons. The van der Waals surface area contributed by atoms with Crippen LogP contribution in [-0.2, 0) is 6.54 Å². The molecule has 0 heterocycles. The third kappa shape index (κ3) is 3.71. The first-order chi connectivity index (χ1) is 8.15. The summed E-state index contributed by atoms with van der Waals surface area (Å²) in [6, 6.07) is 14.9. The Hall–Kier alpha value is -0.550. The van der Waals surface area contributed by atoms with E-state index in [0.29, 0.717) is 0 Å². The van der Waals surface area contributed by atoms with Crippen molar-refractivity contribution in [2.24, 2.45) is 0 Å². The Balaban J connectivity index is 2.02. The molecule has 0 unspecified atom stereocenters. The average molecular weight is 402 g/mol. The number of halogens is 2. The molecular formula is C14H13BrIN. The van der Waals surface area contributed by atoms with E-state index in [-0.39, 0.29) is 0 Å². The van der Waals surface area contributed by atoms with Crippen molar-refractivity contribution in [3.63, 3.8) is 0 Å². The summed E-state index contributed by atoms with van der Waals surface area (Å²) in [5.74, 6) is 0. The first-order valence-corrected chi connectivity index (χ1v) is 7.27. The van der Waals surface area contributed by atoms with Crippen LogP contribution in [0.25, 0.3) is 0 Å². The molecular weight excluding hydrogens is 389 g/mol. The van der Waals surface area contributed by atoms with Crippen LogP contribution < -0.4 is 5.32 Å². The Morgan fingerprint density at radius 2 is 1.82 bits per heavy atom. The van der Waals surface area contributed by atoms with Gasteiger partial charge in [-0.1, -0.05) is 29.8 Å². The maximum Gasteiger partial charge on any atom is 0.0400 e. The van der Waals surface area contributed by atoms with Crippen LogP contribution in [0.1, 0.15) is 11.1 Å². The van der Waals surface area contributed by atoms with Crippen molar-refractivity contribution >= 4 is 44.2 Å². The molecule has 0 fully saturated rings. The minimum absolute atomic E-state index is 0.859. The van der Waals surface area contributed by atoms with E-state index in [9.17, 15) is 0 Å². The lowest BCUT2D eigenvalue weighted by molar-refractivity contribution is 1.14. The number of aryl methyl sites for hydroxylation is 1. The molecule has 2 rings (SSSR count). The topological polar surface area (TPSA) is 12.0 Å². The second kappa shape index (κ2) is 5.87. The standard InChI is InChI=1S/C14H13BrIN/c1-10-2-4-11(5-3-10)9-17-12-6-7-13(15)14(16)8-12/h2-8,17H,9H2,1H3. The van der Waals surface area contributed by atoms with E-state index in [4.69, 9.17) is 0 Å². The monoisotopic (exact) mass is 401 g/mol. The first kappa shape index (κ1) is 12.9. The van der Waals surface area contributed by atoms with E-state index in [1.165, 1.54) is 14.7 Å². The fourth-order valence-electron chi connectivity index (χ4n) is 1.52. The lowest BCUT2D eigenvalue weighted by atomic mass is 10.1. The Morgan fingerprint density at radius 3 is 2.47 bits per heavy atom. The third-order valence-electron chi connectivity index (χ3n) is 2.54. The highest BCUT2D eigenvalue weighted by Gasteiger charge is 1.98. The van der Waals surface area contributed by atoms with E-state index >= 15 is 0 Å². The van der Waals surface area contributed by atoms with Crippen LogP contribution in [-0.4, -0.2) is 0 Å². The summed E-state index contributed by atoms with van der Waals surface area (Å²) in [5.41, 5.74) is 3.75. The smallest absolute Gasteiger partial charge is 0.0400 e. The zero-order chi connectivity index (χ0) is 12.3. The number of anilines is 1. The molecule has 0 amide bonds. The SMILES string of the molecule is Cc1ccc(CNc2ccc(Br)c(I)c2)cc1. The van der Waals surface area contributed by atoms with Gasteiger partial charge in [0.1, 0.15) is 0 Å². The third-order valence-corrected chi connectivity index (χ3v) is 4.86. The zero-order valence-corrected chi connectivity index (χ0v) is 13.2. The van der Waals surface area contributed by atoms with E-state index in [1.807, 2.05) is 0 Å². The summed E-state index contributed by atoms with van der Waals surface area (Å²) >= 11 is 5.82. The maximum absolute atomic E-state index is 3.50. The molecule has 0 saturated heterocycles. The van der Waals surface area contributed by atoms with Gasteiger partial charge in [0.05, 0.1) is 0 Å². The summed E-state index contributed by atoms with van der Waals surface area (Å²) in [4.78, 5) is 0. The lowest BCUT2D eigenvalue weighted by Gasteiger charge is -2.08. The van der Waals surface area contributed by atoms with Crippen LogP contribution in [0.15, 0.2) is 46.9 Å². The van der Waals surface area contributed by atoms with Crippen molar-refractivity contribution in [2.45, 2.75) is 13.5 Å². The van der Waals surface area contributed by atoms with Crippen molar-refractivity contribution in [3.05, 3.63) is 61.6 Å². The molecule has 0 saturated carbocycles. The highest BCUT2D eigenvalue weighted by Crippen LogP contribution is 2.22. The lowest BCUT2D eigenvalue weighted by Crippen LogP contribution is -1.99. The summed E-state index contributed by atoms with van der Waals surface area (Å²) in [5, 5.41) is 3.42. The quantitative estimate of drug-likeness (QED) is 0.715. The number of hydrogen-bond donors (Lipinski definition) is 1. The fraction of sp³-hybridized carbons (Fsp3) is 0.143. The molecule has 0 aliphatic carbocycles. The maximum atomic E-state index is 3.50. The van der Waals surface area contributed by atoms with Gasteiger partial charge in [-0.05, 0) is 69.2 Å². The molecule has 2 aromatic rings. The van der Waals surface area contributed by atoms with Crippen LogP contribution in [0.4, 0.5) is 5.69 Å². The van der Waals surface area contributed by atoms with Gasteiger partial charge in [0.15, 0.2) is 0 Å². The normalized spacial score (nSPS) is 10.3. The predicted molar refractivity (Wildman–Crippen MR) is 85.4 cm³/mol. The van der Waals surface area contributed by atoms with E-state index < -0.39 is 0 Å². The molecule has 0 aliphatic heterocycles. The molecule has 17 heavy (non-hydrogen) atoms. The van der Waals surface area contributed by atoms with Gasteiger partial charge in [-0.25, -0.2) is 0 Å². The van der Waals surface area contributed by atoms with E-state index in [1.54, 1.807) is 0 Å². The highest BCUT2D eigenvalue weighted by molar-refractivity contribution is 14.1. The highest BCUT2D eigenvalue weighted by atomic mass is 127. The molecule has 0 aromatic heterocycles. The van der Waals surface area contributed by atoms with Crippen LogP contribution in [0.3, 0.4) is 0 Å². The van der Waals surface area contributed by atoms with Gasteiger partial charge in [0, 0.05) is 20.3 Å². The number of hydrogen-bond acceptors (Lipinski definition) is 1. The average Bonchev–Trinajstić information content (AvgIpc) is 2.33. The Labute approximate surface area is 124 Å². The number of rotatable bonds is 3. The van der Waals surface area contributed by atoms with Crippen molar-refractivity contribution in [1.82, 2.24) is 0 Å². The van der Waals surface area contributed by atoms with Gasteiger partial charge in [0.25, 0.3) is 0 Å². The van der Waals surface area contributed by atoms with Gasteiger partial charge in [0.2, 0.25) is 0 Å². The largest absolute Gasteiger partial charge is 0.381 e. The van der Waals surface area contributed by atoms with Crippen LogP contribution in [0.2, 0.25) is 0 Å². The van der Waals surface area contributed by atoms with Gasteiger partial charge < -0.3 is 5.32 Å². The summed E-state index contributed by atoms with van der Waals surface area (Å²) in [6.45, 7) is 2.96. The molecule has 1 N–H and O–H groups in total. The summed E-state index contributed by atoms with van der Waals surface area (Å²) < 4.78 is 2.36. The van der Waals surface area contributed by atoms with E-state index in [2.05, 4.69) is 93.2 Å². The molecule has 3 heteroatoms. The van der Waals surface area contributed by atoms with Gasteiger partial charge in [-0.3, -0.25) is 0 Å². The van der Waals surface area contributed by atoms with Crippen molar-refractivity contribution in [2.75, 3.05) is 5.32 Å². The molecule has 2 aromatic carbocycles. The predicted octanol–water partition coefficient (Wildman–Crippen LogP) is 4.97. The first-order valence-electron chi connectivity index (χ1n) is 5.39. The summed E-state index contributed by atoms with van der Waals surface area (Å²) in [6.07, 6.45) is 0. The van der Waals surface area contributed by atoms with Crippen molar-refractivity contribution < 1.29 is 0 Å². The van der Waals surface area contributed by atoms with Crippen LogP contribution in [0.5, 0.6) is 0 Å². The van der Waals surface area contributed by atoms with Gasteiger partial charge in [-0.15, -0.1) is 0 Å². The molecule has 1 nitrogen and oxygen atoms in total. The second-order valence-corrected chi connectivity index (χ2v) is 5.98. The molecule has 0 atom stereocenters. The Kier molecular flexibility index (Phi) is 4.45. The molecule has 0 radical (unpaired) electrons. The molecule has 0 bridgehead atoms. The fourth-order valence-corrected chi connectivity index (χ4v) is 2.28. The Bertz CT molecular complexity index is 508. The minimum Gasteiger partial charge on any atom is -0.381 e. The molecule has 0 aliphatic rings. The van der Waals surface area contributed by atoms with Crippen molar-refractivity contribution in [1.29, 1.82) is 0 Å². The zero-order valence-electron chi connectivity index (χ0n) is 9.50. The van der Waals surface area contributed by atoms with E-state index in [0.717, 1.165) is 16.7 Å². The van der Waals surface area contributed by atoms with Gasteiger partial charge in [-0.2, -0.15) is 0 Å². The number of benzene rings is 2. The second-order valence-electron chi connectivity index (χ2n) is 3.97. The minimum atomic E-state index is 0.859. The molecule has 0 spiro atoms. The van der Waals surface area contributed by atoms with Crippen LogP contribution >= 0.6 is 38.5 Å². The number of nitrogens with one attached hydrogen (secondary N) is 1. The Morgan fingerprint density at radius 1 is 1.12 bits per heavy atom. The van der Waals surface area contributed by atoms with Crippen molar-refractivity contribution in [3.8, 4) is 0 Å². The van der Waals surface area contributed by atoms with Gasteiger partial charge >= 0.3 is 0 Å².